The molecule has 132 valence electrons. The van der Waals surface area contributed by atoms with Crippen LogP contribution in [0.25, 0.3) is 0 Å². The van der Waals surface area contributed by atoms with Gasteiger partial charge in [0.15, 0.2) is 5.11 Å². The predicted octanol–water partition coefficient (Wildman–Crippen LogP) is 5.69. The van der Waals surface area contributed by atoms with Gasteiger partial charge in [-0.2, -0.15) is 0 Å². The van der Waals surface area contributed by atoms with Gasteiger partial charge in [0.25, 0.3) is 0 Å². The molecule has 0 heterocycles. The fourth-order valence-corrected chi connectivity index (χ4v) is 3.44. The van der Waals surface area contributed by atoms with Crippen LogP contribution in [0.5, 0.6) is 0 Å². The predicted molar refractivity (Wildman–Crippen MR) is 115 cm³/mol. The largest absolute Gasteiger partial charge is 0.352 e. The molecule has 2 N–H and O–H groups in total. The summed E-state index contributed by atoms with van der Waals surface area (Å²) < 4.78 is 0. The maximum Gasteiger partial charge on any atom is 0.171 e. The monoisotopic (exact) mass is 360 g/mol. The van der Waals surface area contributed by atoms with Crippen LogP contribution in [0.4, 0.5) is 5.69 Å². The second-order valence-corrected chi connectivity index (χ2v) is 7.14. The highest BCUT2D eigenvalue weighted by Gasteiger charge is 2.15. The van der Waals surface area contributed by atoms with Gasteiger partial charge in [0.1, 0.15) is 0 Å². The number of benzene rings is 3. The van der Waals surface area contributed by atoms with Gasteiger partial charge < -0.3 is 10.6 Å². The summed E-state index contributed by atoms with van der Waals surface area (Å²) in [6, 6.07) is 25.3. The Morgan fingerprint density at radius 3 is 2.04 bits per heavy atom. The maximum absolute atomic E-state index is 5.61. The number of aryl methyl sites for hydroxylation is 3. The van der Waals surface area contributed by atoms with Crippen molar-refractivity contribution in [3.8, 4) is 0 Å². The van der Waals surface area contributed by atoms with E-state index in [2.05, 4.69) is 98.1 Å². The van der Waals surface area contributed by atoms with Crippen molar-refractivity contribution < 1.29 is 0 Å². The number of nitrogens with one attached hydrogen (secondary N) is 2. The molecule has 0 aliphatic carbocycles. The van der Waals surface area contributed by atoms with Gasteiger partial charge in [0.2, 0.25) is 0 Å². The standard InChI is InChI=1S/C23H24N2S/c1-16-8-7-11-20(13-16)22(19-9-5-4-6-10-19)25-23(26)24-21-14-17(2)12-18(3)15-21/h4-15,22H,1-3H3,(H2,24,25,26)/t22-/m1/s1. The second kappa shape index (κ2) is 8.15. The molecule has 0 unspecified atom stereocenters. The van der Waals surface area contributed by atoms with Gasteiger partial charge in [-0.05, 0) is 67.4 Å². The first-order chi connectivity index (χ1) is 12.5. The molecule has 3 rings (SSSR count). The van der Waals surface area contributed by atoms with Gasteiger partial charge in [-0.3, -0.25) is 0 Å². The van der Waals surface area contributed by atoms with Crippen molar-refractivity contribution >= 4 is 23.0 Å². The molecule has 0 saturated heterocycles. The van der Waals surface area contributed by atoms with Gasteiger partial charge in [-0.1, -0.05) is 66.2 Å². The second-order valence-electron chi connectivity index (χ2n) is 6.73. The molecule has 3 aromatic carbocycles. The van der Waals surface area contributed by atoms with Crippen molar-refractivity contribution in [1.29, 1.82) is 0 Å². The molecule has 3 heteroatoms. The topological polar surface area (TPSA) is 24.1 Å². The molecule has 3 aromatic rings. The first-order valence-electron chi connectivity index (χ1n) is 8.78. The zero-order valence-corrected chi connectivity index (χ0v) is 16.2. The fraction of sp³-hybridized carbons (Fsp3) is 0.174. The van der Waals surface area contributed by atoms with E-state index in [-0.39, 0.29) is 6.04 Å². The molecule has 0 bridgehead atoms. The van der Waals surface area contributed by atoms with Crippen molar-refractivity contribution in [3.05, 3.63) is 101 Å². The highest BCUT2D eigenvalue weighted by Crippen LogP contribution is 2.23. The van der Waals surface area contributed by atoms with E-state index in [1.807, 2.05) is 6.07 Å². The first kappa shape index (κ1) is 18.2. The van der Waals surface area contributed by atoms with Crippen LogP contribution in [0.15, 0.2) is 72.8 Å². The summed E-state index contributed by atoms with van der Waals surface area (Å²) in [5.74, 6) is 0. The van der Waals surface area contributed by atoms with Crippen molar-refractivity contribution in [2.45, 2.75) is 26.8 Å². The normalized spacial score (nSPS) is 11.7. The molecular weight excluding hydrogens is 336 g/mol. The third-order valence-corrected chi connectivity index (χ3v) is 4.48. The van der Waals surface area contributed by atoms with Crippen LogP contribution >= 0.6 is 12.2 Å². The molecule has 0 radical (unpaired) electrons. The van der Waals surface area contributed by atoms with Crippen LogP contribution in [0, 0.1) is 20.8 Å². The molecule has 26 heavy (non-hydrogen) atoms. The number of anilines is 1. The summed E-state index contributed by atoms with van der Waals surface area (Å²) in [5, 5.41) is 7.43. The van der Waals surface area contributed by atoms with Crippen LogP contribution in [0.2, 0.25) is 0 Å². The van der Waals surface area contributed by atoms with E-state index >= 15 is 0 Å². The molecule has 0 spiro atoms. The Morgan fingerprint density at radius 2 is 1.38 bits per heavy atom. The molecular formula is C23H24N2S. The highest BCUT2D eigenvalue weighted by atomic mass is 32.1. The van der Waals surface area contributed by atoms with Gasteiger partial charge in [-0.25, -0.2) is 0 Å². The van der Waals surface area contributed by atoms with E-state index in [0.29, 0.717) is 5.11 Å². The summed E-state index contributed by atoms with van der Waals surface area (Å²) in [4.78, 5) is 0. The quantitative estimate of drug-likeness (QED) is 0.585. The van der Waals surface area contributed by atoms with Gasteiger partial charge in [-0.15, -0.1) is 0 Å². The average molecular weight is 361 g/mol. The van der Waals surface area contributed by atoms with E-state index in [0.717, 1.165) is 5.69 Å². The molecule has 0 aliphatic heterocycles. The third kappa shape index (κ3) is 4.70. The van der Waals surface area contributed by atoms with E-state index < -0.39 is 0 Å². The highest BCUT2D eigenvalue weighted by molar-refractivity contribution is 7.80. The van der Waals surface area contributed by atoms with Crippen LogP contribution in [-0.4, -0.2) is 5.11 Å². The van der Waals surface area contributed by atoms with Crippen LogP contribution in [0.1, 0.15) is 33.9 Å². The molecule has 0 aromatic heterocycles. The maximum atomic E-state index is 5.61. The SMILES string of the molecule is Cc1cc(C)cc(NC(=S)N[C@H](c2ccccc2)c2cccc(C)c2)c1. The number of hydrogen-bond donors (Lipinski definition) is 2. The number of rotatable bonds is 4. The van der Waals surface area contributed by atoms with E-state index in [1.54, 1.807) is 0 Å². The summed E-state index contributed by atoms with van der Waals surface area (Å²) >= 11 is 5.61. The Bertz CT molecular complexity index is 883. The van der Waals surface area contributed by atoms with Crippen molar-refractivity contribution in [1.82, 2.24) is 5.32 Å². The van der Waals surface area contributed by atoms with Crippen molar-refractivity contribution in [2.75, 3.05) is 5.32 Å². The zero-order valence-electron chi connectivity index (χ0n) is 15.4. The first-order valence-corrected chi connectivity index (χ1v) is 9.19. The van der Waals surface area contributed by atoms with E-state index in [4.69, 9.17) is 12.2 Å². The summed E-state index contributed by atoms with van der Waals surface area (Å²) in [5.41, 5.74) is 7.06. The number of hydrogen-bond acceptors (Lipinski definition) is 1. The Labute approximate surface area is 161 Å². The lowest BCUT2D eigenvalue weighted by atomic mass is 9.97. The van der Waals surface area contributed by atoms with Gasteiger partial charge in [0.05, 0.1) is 6.04 Å². The van der Waals surface area contributed by atoms with Gasteiger partial charge >= 0.3 is 0 Å². The van der Waals surface area contributed by atoms with Gasteiger partial charge in [0, 0.05) is 5.69 Å². The lowest BCUT2D eigenvalue weighted by Gasteiger charge is -2.22. The molecule has 2 nitrogen and oxygen atoms in total. The summed E-state index contributed by atoms with van der Waals surface area (Å²) in [7, 11) is 0. The fourth-order valence-electron chi connectivity index (χ4n) is 3.20. The van der Waals surface area contributed by atoms with Crippen LogP contribution in [0.3, 0.4) is 0 Å². The Balaban J connectivity index is 1.84. The molecule has 0 saturated carbocycles. The van der Waals surface area contributed by atoms with Crippen molar-refractivity contribution in [2.24, 2.45) is 0 Å². The van der Waals surface area contributed by atoms with Crippen molar-refractivity contribution in [3.63, 3.8) is 0 Å². The van der Waals surface area contributed by atoms with E-state index in [9.17, 15) is 0 Å². The lowest BCUT2D eigenvalue weighted by Crippen LogP contribution is -2.33. The lowest BCUT2D eigenvalue weighted by molar-refractivity contribution is 0.767. The minimum absolute atomic E-state index is 0.00186. The zero-order chi connectivity index (χ0) is 18.5. The molecule has 1 atom stereocenters. The molecule has 0 fully saturated rings. The minimum atomic E-state index is 0.00186. The minimum Gasteiger partial charge on any atom is -0.352 e. The molecule has 0 amide bonds. The average Bonchev–Trinajstić information content (AvgIpc) is 2.59. The summed E-state index contributed by atoms with van der Waals surface area (Å²) in [6.07, 6.45) is 0. The Kier molecular flexibility index (Phi) is 5.69. The number of thiocarbonyl (C=S) groups is 1. The Morgan fingerprint density at radius 1 is 0.731 bits per heavy atom. The van der Waals surface area contributed by atoms with Crippen LogP contribution in [-0.2, 0) is 0 Å². The molecule has 0 aliphatic rings. The summed E-state index contributed by atoms with van der Waals surface area (Å²) in [6.45, 7) is 6.29. The van der Waals surface area contributed by atoms with Crippen LogP contribution < -0.4 is 10.6 Å². The Hall–Kier alpha value is -2.65. The van der Waals surface area contributed by atoms with E-state index in [1.165, 1.54) is 27.8 Å². The smallest absolute Gasteiger partial charge is 0.171 e. The third-order valence-electron chi connectivity index (χ3n) is 4.26.